The number of hydrogen-bond acceptors (Lipinski definition) is 2. The summed E-state index contributed by atoms with van der Waals surface area (Å²) in [6.07, 6.45) is 2.09. The summed E-state index contributed by atoms with van der Waals surface area (Å²) < 4.78 is 0.868. The maximum Gasteiger partial charge on any atom is 0.0931 e. The first-order valence-corrected chi connectivity index (χ1v) is 5.82. The van der Waals surface area contributed by atoms with Crippen molar-refractivity contribution in [3.63, 3.8) is 0 Å². The lowest BCUT2D eigenvalue weighted by atomic mass is 9.96. The van der Waals surface area contributed by atoms with Gasteiger partial charge >= 0.3 is 0 Å². The average molecular weight is 218 g/mol. The fraction of sp³-hybridized carbons (Fsp3) is 0.600. The van der Waals surface area contributed by atoms with Gasteiger partial charge in [-0.25, -0.2) is 0 Å². The third-order valence-corrected chi connectivity index (χ3v) is 3.61. The van der Waals surface area contributed by atoms with Crippen molar-refractivity contribution < 1.29 is 0 Å². The highest BCUT2D eigenvalue weighted by Gasteiger charge is 2.12. The lowest BCUT2D eigenvalue weighted by Gasteiger charge is -2.16. The van der Waals surface area contributed by atoms with Crippen molar-refractivity contribution in [2.24, 2.45) is 11.7 Å². The summed E-state index contributed by atoms with van der Waals surface area (Å²) >= 11 is 7.50. The maximum atomic E-state index is 5.94. The molecule has 74 valence electrons. The van der Waals surface area contributed by atoms with Crippen molar-refractivity contribution >= 4 is 22.9 Å². The Morgan fingerprint density at radius 3 is 2.69 bits per heavy atom. The molecule has 0 spiro atoms. The van der Waals surface area contributed by atoms with Crippen LogP contribution in [0, 0.1) is 5.92 Å². The number of halogens is 1. The summed E-state index contributed by atoms with van der Waals surface area (Å²) in [4.78, 5) is 1.33. The fourth-order valence-electron chi connectivity index (χ4n) is 1.33. The average Bonchev–Trinajstić information content (AvgIpc) is 2.49. The van der Waals surface area contributed by atoms with E-state index in [4.69, 9.17) is 17.3 Å². The highest BCUT2D eigenvalue weighted by Crippen LogP contribution is 2.24. The van der Waals surface area contributed by atoms with Crippen LogP contribution in [0.5, 0.6) is 0 Å². The van der Waals surface area contributed by atoms with Crippen LogP contribution in [0.15, 0.2) is 12.1 Å². The third kappa shape index (κ3) is 3.29. The molecule has 2 unspecified atom stereocenters. The lowest BCUT2D eigenvalue weighted by Crippen LogP contribution is -2.28. The first kappa shape index (κ1) is 11.0. The second-order valence-electron chi connectivity index (χ2n) is 3.46. The summed E-state index contributed by atoms with van der Waals surface area (Å²) in [5, 5.41) is 0. The van der Waals surface area contributed by atoms with Gasteiger partial charge in [-0.2, -0.15) is 0 Å². The molecule has 1 aromatic rings. The van der Waals surface area contributed by atoms with Crippen LogP contribution >= 0.6 is 22.9 Å². The molecular formula is C10H16ClNS. The van der Waals surface area contributed by atoms with Crippen LogP contribution in [0.2, 0.25) is 4.34 Å². The summed E-state index contributed by atoms with van der Waals surface area (Å²) in [7, 11) is 0. The highest BCUT2D eigenvalue weighted by molar-refractivity contribution is 7.16. The van der Waals surface area contributed by atoms with Gasteiger partial charge in [0, 0.05) is 10.9 Å². The monoisotopic (exact) mass is 217 g/mol. The molecule has 0 aliphatic carbocycles. The van der Waals surface area contributed by atoms with Crippen LogP contribution < -0.4 is 5.73 Å². The number of hydrogen-bond donors (Lipinski definition) is 1. The Bertz CT molecular complexity index is 259. The van der Waals surface area contributed by atoms with Gasteiger partial charge in [-0.05, 0) is 30.9 Å². The van der Waals surface area contributed by atoms with Crippen molar-refractivity contribution in [2.45, 2.75) is 32.7 Å². The third-order valence-electron chi connectivity index (χ3n) is 2.35. The molecule has 0 aromatic carbocycles. The Morgan fingerprint density at radius 1 is 1.54 bits per heavy atom. The lowest BCUT2D eigenvalue weighted by molar-refractivity contribution is 0.445. The van der Waals surface area contributed by atoms with Crippen LogP contribution in [-0.4, -0.2) is 6.04 Å². The first-order chi connectivity index (χ1) is 6.13. The van der Waals surface area contributed by atoms with Gasteiger partial charge in [0.25, 0.3) is 0 Å². The topological polar surface area (TPSA) is 26.0 Å². The van der Waals surface area contributed by atoms with E-state index in [1.165, 1.54) is 4.88 Å². The fourth-order valence-corrected chi connectivity index (χ4v) is 2.56. The normalized spacial score (nSPS) is 15.7. The zero-order valence-electron chi connectivity index (χ0n) is 8.09. The SMILES string of the molecule is CCC(N)C(C)Cc1ccc(Cl)s1. The molecule has 0 bridgehead atoms. The number of rotatable bonds is 4. The predicted molar refractivity (Wildman–Crippen MR) is 60.5 cm³/mol. The number of nitrogens with two attached hydrogens (primary N) is 1. The van der Waals surface area contributed by atoms with Crippen molar-refractivity contribution in [3.8, 4) is 0 Å². The maximum absolute atomic E-state index is 5.94. The Labute approximate surface area is 88.9 Å². The molecule has 0 radical (unpaired) electrons. The molecule has 2 N–H and O–H groups in total. The Hall–Kier alpha value is -0.0500. The van der Waals surface area contributed by atoms with Crippen molar-refractivity contribution in [1.82, 2.24) is 0 Å². The molecule has 0 saturated heterocycles. The second kappa shape index (κ2) is 4.99. The minimum absolute atomic E-state index is 0.306. The van der Waals surface area contributed by atoms with Crippen LogP contribution in [-0.2, 0) is 6.42 Å². The number of thiophene rings is 1. The molecule has 0 aliphatic rings. The van der Waals surface area contributed by atoms with Crippen molar-refractivity contribution in [3.05, 3.63) is 21.3 Å². The van der Waals surface area contributed by atoms with Crippen LogP contribution in [0.1, 0.15) is 25.1 Å². The second-order valence-corrected chi connectivity index (χ2v) is 5.26. The van der Waals surface area contributed by atoms with Gasteiger partial charge in [0.2, 0.25) is 0 Å². The standard InChI is InChI=1S/C10H16ClNS/c1-3-9(12)7(2)6-8-4-5-10(11)13-8/h4-5,7,9H,3,6,12H2,1-2H3. The van der Waals surface area contributed by atoms with E-state index in [2.05, 4.69) is 19.9 Å². The van der Waals surface area contributed by atoms with E-state index < -0.39 is 0 Å². The molecule has 0 saturated carbocycles. The smallest absolute Gasteiger partial charge is 0.0931 e. The molecule has 3 heteroatoms. The zero-order chi connectivity index (χ0) is 9.84. The molecule has 1 heterocycles. The summed E-state index contributed by atoms with van der Waals surface area (Å²) in [5.41, 5.74) is 5.94. The predicted octanol–water partition coefficient (Wildman–Crippen LogP) is 3.32. The van der Waals surface area contributed by atoms with E-state index in [1.54, 1.807) is 11.3 Å². The summed E-state index contributed by atoms with van der Waals surface area (Å²) in [6.45, 7) is 4.32. The van der Waals surface area contributed by atoms with Gasteiger partial charge in [-0.3, -0.25) is 0 Å². The summed E-state index contributed by atoms with van der Waals surface area (Å²) in [5.74, 6) is 0.541. The first-order valence-electron chi connectivity index (χ1n) is 4.63. The molecule has 1 nitrogen and oxygen atoms in total. The molecule has 1 rings (SSSR count). The van der Waals surface area contributed by atoms with Crippen molar-refractivity contribution in [2.75, 3.05) is 0 Å². The highest BCUT2D eigenvalue weighted by atomic mass is 35.5. The molecular weight excluding hydrogens is 202 g/mol. The van der Waals surface area contributed by atoms with Crippen LogP contribution in [0.4, 0.5) is 0 Å². The summed E-state index contributed by atoms with van der Waals surface area (Å²) in [6, 6.07) is 4.35. The minimum Gasteiger partial charge on any atom is -0.327 e. The Morgan fingerprint density at radius 2 is 2.23 bits per heavy atom. The van der Waals surface area contributed by atoms with E-state index in [-0.39, 0.29) is 0 Å². The largest absolute Gasteiger partial charge is 0.327 e. The van der Waals surface area contributed by atoms with Gasteiger partial charge in [-0.15, -0.1) is 11.3 Å². The Balaban J connectivity index is 2.49. The molecule has 0 amide bonds. The quantitative estimate of drug-likeness (QED) is 0.823. The van der Waals surface area contributed by atoms with E-state index >= 15 is 0 Å². The van der Waals surface area contributed by atoms with Crippen molar-refractivity contribution in [1.29, 1.82) is 0 Å². The minimum atomic E-state index is 0.306. The molecule has 1 aromatic heterocycles. The van der Waals surface area contributed by atoms with Gasteiger partial charge in [0.1, 0.15) is 0 Å². The molecule has 0 aliphatic heterocycles. The van der Waals surface area contributed by atoms with Gasteiger partial charge in [-0.1, -0.05) is 25.4 Å². The van der Waals surface area contributed by atoms with Gasteiger partial charge in [0.15, 0.2) is 0 Å². The Kier molecular flexibility index (Phi) is 4.23. The zero-order valence-corrected chi connectivity index (χ0v) is 9.66. The van der Waals surface area contributed by atoms with E-state index in [0.29, 0.717) is 12.0 Å². The molecule has 0 fully saturated rings. The molecule has 13 heavy (non-hydrogen) atoms. The van der Waals surface area contributed by atoms with E-state index in [1.807, 2.05) is 6.07 Å². The van der Waals surface area contributed by atoms with E-state index in [0.717, 1.165) is 17.2 Å². The van der Waals surface area contributed by atoms with E-state index in [9.17, 15) is 0 Å². The van der Waals surface area contributed by atoms with Crippen LogP contribution in [0.3, 0.4) is 0 Å². The van der Waals surface area contributed by atoms with Crippen LogP contribution in [0.25, 0.3) is 0 Å². The molecule has 2 atom stereocenters. The van der Waals surface area contributed by atoms with Gasteiger partial charge in [0.05, 0.1) is 4.34 Å². The van der Waals surface area contributed by atoms with Gasteiger partial charge < -0.3 is 5.73 Å².